The molecule has 0 spiro atoms. The van der Waals surface area contributed by atoms with Gasteiger partial charge in [0.2, 0.25) is 0 Å². The molecular formula is C44H70O17. The lowest BCUT2D eigenvalue weighted by atomic mass is 9.46. The van der Waals surface area contributed by atoms with Crippen molar-refractivity contribution in [1.29, 1.82) is 0 Å². The van der Waals surface area contributed by atoms with Crippen molar-refractivity contribution in [3.63, 3.8) is 0 Å². The molecule has 8 aliphatic rings. The summed E-state index contributed by atoms with van der Waals surface area (Å²) in [6.07, 6.45) is -15.1. The highest BCUT2D eigenvalue weighted by Gasteiger charge is 2.69. The molecule has 8 rings (SSSR count). The first-order valence-electron chi connectivity index (χ1n) is 22.4. The Balaban J connectivity index is 1.01. The minimum atomic E-state index is -1.82. The minimum absolute atomic E-state index is 0.0377. The number of aliphatic hydroxyl groups is 10. The van der Waals surface area contributed by atoms with Gasteiger partial charge in [-0.05, 0) is 81.5 Å². The lowest BCUT2D eigenvalue weighted by Crippen LogP contribution is -2.65. The first kappa shape index (κ1) is 46.3. The van der Waals surface area contributed by atoms with E-state index in [-0.39, 0.29) is 48.2 Å². The van der Waals surface area contributed by atoms with Crippen LogP contribution in [0, 0.1) is 40.4 Å². The Morgan fingerprint density at radius 2 is 1.54 bits per heavy atom. The Morgan fingerprint density at radius 3 is 2.25 bits per heavy atom. The third-order valence-electron chi connectivity index (χ3n) is 16.7. The summed E-state index contributed by atoms with van der Waals surface area (Å²) in [4.78, 5) is 0. The summed E-state index contributed by atoms with van der Waals surface area (Å²) >= 11 is 0. The molecule has 0 aromatic heterocycles. The van der Waals surface area contributed by atoms with Gasteiger partial charge in [-0.1, -0.05) is 38.0 Å². The average molecular weight is 871 g/mol. The van der Waals surface area contributed by atoms with Crippen molar-refractivity contribution in [2.45, 2.75) is 196 Å². The van der Waals surface area contributed by atoms with Gasteiger partial charge in [0.25, 0.3) is 0 Å². The molecule has 17 heteroatoms. The van der Waals surface area contributed by atoms with Gasteiger partial charge in [0.15, 0.2) is 24.7 Å². The van der Waals surface area contributed by atoms with Crippen molar-refractivity contribution in [1.82, 2.24) is 0 Å². The maximum absolute atomic E-state index is 11.7. The van der Waals surface area contributed by atoms with Crippen LogP contribution in [0.2, 0.25) is 0 Å². The SMILES string of the molecule is C=C(C)CCC1(O)OC2CC3C4CC=C5CC(O)CC(OC6OCC(O)C(O)C6OC6OC(C)C(O)C(OC7OC(CO)C(O)C(O)C7O)C6O)C5(C)C4CCC3(C)C2C1C. The topological polar surface area (TPSA) is 267 Å². The second-order valence-electron chi connectivity index (χ2n) is 20.2. The summed E-state index contributed by atoms with van der Waals surface area (Å²) in [6, 6.07) is 0. The Bertz CT molecular complexity index is 1610. The van der Waals surface area contributed by atoms with Gasteiger partial charge in [-0.25, -0.2) is 0 Å². The standard InChI is InChI=1S/C44H70O17/c1-18(2)9-12-44(54)19(3)30-27(61-44)15-25-23-8-7-21-13-22(46)14-29(43(21,6)24(23)10-11-42(25,30)5)58-41-38(32(49)26(47)17-55-41)60-40-36(53)37(31(48)20(4)56-40)59-39-35(52)34(51)33(50)28(16-45)57-39/h7,19-20,22-41,45-54H,1,8-17H2,2-6H3. The Kier molecular flexibility index (Phi) is 13.1. The molecule has 0 aromatic carbocycles. The van der Waals surface area contributed by atoms with E-state index in [1.165, 1.54) is 6.92 Å². The summed E-state index contributed by atoms with van der Waals surface area (Å²) < 4.78 is 42.9. The largest absolute Gasteiger partial charge is 0.394 e. The van der Waals surface area contributed by atoms with Gasteiger partial charge in [-0.2, -0.15) is 0 Å². The molecule has 25 unspecified atom stereocenters. The predicted octanol–water partition coefficient (Wildman–Crippen LogP) is -0.274. The molecule has 0 radical (unpaired) electrons. The molecular weight excluding hydrogens is 800 g/mol. The lowest BCUT2D eigenvalue weighted by Gasteiger charge is -2.60. The Hall–Kier alpha value is -1.20. The molecule has 10 N–H and O–H groups in total. The highest BCUT2D eigenvalue weighted by molar-refractivity contribution is 5.29. The van der Waals surface area contributed by atoms with Crippen molar-refractivity contribution < 1.29 is 84.2 Å². The molecule has 0 aromatic rings. The van der Waals surface area contributed by atoms with E-state index < -0.39 is 116 Å². The van der Waals surface area contributed by atoms with Crippen LogP contribution < -0.4 is 0 Å². The normalized spacial score (nSPS) is 55.8. The van der Waals surface area contributed by atoms with Crippen LogP contribution in [0.3, 0.4) is 0 Å². The second kappa shape index (κ2) is 17.2. The fourth-order valence-electron chi connectivity index (χ4n) is 13.2. The van der Waals surface area contributed by atoms with E-state index in [0.717, 1.165) is 36.8 Å². The first-order valence-corrected chi connectivity index (χ1v) is 22.4. The fraction of sp³-hybridized carbons (Fsp3) is 0.909. The number of rotatable bonds is 10. The van der Waals surface area contributed by atoms with Crippen LogP contribution >= 0.6 is 0 Å². The molecule has 0 bridgehead atoms. The second-order valence-corrected chi connectivity index (χ2v) is 20.2. The van der Waals surface area contributed by atoms with Crippen LogP contribution in [0.4, 0.5) is 0 Å². The molecule has 4 aliphatic heterocycles. The monoisotopic (exact) mass is 870 g/mol. The number of fused-ring (bicyclic) bond motifs is 7. The third kappa shape index (κ3) is 7.82. The zero-order chi connectivity index (χ0) is 44.1. The zero-order valence-corrected chi connectivity index (χ0v) is 35.9. The summed E-state index contributed by atoms with van der Waals surface area (Å²) in [5.74, 6) is -0.236. The van der Waals surface area contributed by atoms with Gasteiger partial charge in [-0.3, -0.25) is 0 Å². The molecule has 4 heterocycles. The van der Waals surface area contributed by atoms with Crippen LogP contribution in [0.15, 0.2) is 23.8 Å². The van der Waals surface area contributed by atoms with Gasteiger partial charge >= 0.3 is 0 Å². The highest BCUT2D eigenvalue weighted by Crippen LogP contribution is 2.70. The third-order valence-corrected chi connectivity index (χ3v) is 16.7. The maximum Gasteiger partial charge on any atom is 0.187 e. The van der Waals surface area contributed by atoms with Crippen molar-refractivity contribution in [2.75, 3.05) is 13.2 Å². The smallest absolute Gasteiger partial charge is 0.187 e. The molecule has 4 aliphatic carbocycles. The Morgan fingerprint density at radius 1 is 0.836 bits per heavy atom. The number of ether oxygens (including phenoxy) is 7. The number of allylic oxidation sites excluding steroid dienone is 2. The average Bonchev–Trinajstić information content (AvgIpc) is 3.65. The fourth-order valence-corrected chi connectivity index (χ4v) is 13.2. The first-order chi connectivity index (χ1) is 28.7. The van der Waals surface area contributed by atoms with E-state index in [2.05, 4.69) is 33.4 Å². The van der Waals surface area contributed by atoms with Crippen molar-refractivity contribution in [3.8, 4) is 0 Å². The molecule has 61 heavy (non-hydrogen) atoms. The summed E-state index contributed by atoms with van der Waals surface area (Å²) in [7, 11) is 0. The summed E-state index contributed by atoms with van der Waals surface area (Å²) in [5, 5.41) is 109. The van der Waals surface area contributed by atoms with Gasteiger partial charge < -0.3 is 84.2 Å². The number of hydrogen-bond acceptors (Lipinski definition) is 17. The molecule has 25 atom stereocenters. The molecule has 348 valence electrons. The minimum Gasteiger partial charge on any atom is -0.394 e. The van der Waals surface area contributed by atoms with E-state index in [1.807, 2.05) is 6.92 Å². The van der Waals surface area contributed by atoms with Crippen molar-refractivity contribution in [3.05, 3.63) is 23.8 Å². The summed E-state index contributed by atoms with van der Waals surface area (Å²) in [5.41, 5.74) is 1.53. The van der Waals surface area contributed by atoms with Crippen LogP contribution in [0.1, 0.15) is 86.0 Å². The molecule has 17 nitrogen and oxygen atoms in total. The zero-order valence-electron chi connectivity index (χ0n) is 35.9. The van der Waals surface area contributed by atoms with Crippen LogP contribution in [-0.2, 0) is 33.2 Å². The quantitative estimate of drug-likeness (QED) is 0.127. The van der Waals surface area contributed by atoms with Gasteiger partial charge in [0.1, 0.15) is 61.0 Å². The number of aliphatic hydroxyl groups excluding tert-OH is 9. The molecule has 4 saturated heterocycles. The Labute approximate surface area is 357 Å². The van der Waals surface area contributed by atoms with E-state index in [4.69, 9.17) is 33.2 Å². The highest BCUT2D eigenvalue weighted by atomic mass is 16.8. The van der Waals surface area contributed by atoms with Crippen molar-refractivity contribution in [2.24, 2.45) is 40.4 Å². The van der Waals surface area contributed by atoms with Gasteiger partial charge in [0, 0.05) is 24.2 Å². The maximum atomic E-state index is 11.7. The molecule has 7 fully saturated rings. The summed E-state index contributed by atoms with van der Waals surface area (Å²) in [6.45, 7) is 13.2. The van der Waals surface area contributed by atoms with E-state index in [9.17, 15) is 51.1 Å². The van der Waals surface area contributed by atoms with E-state index in [1.54, 1.807) is 0 Å². The van der Waals surface area contributed by atoms with Gasteiger partial charge in [-0.15, -0.1) is 6.58 Å². The van der Waals surface area contributed by atoms with Crippen LogP contribution in [0.5, 0.6) is 0 Å². The van der Waals surface area contributed by atoms with Gasteiger partial charge in [0.05, 0.1) is 37.6 Å². The van der Waals surface area contributed by atoms with Crippen LogP contribution in [-0.4, -0.2) is 174 Å². The van der Waals surface area contributed by atoms with E-state index in [0.29, 0.717) is 25.2 Å². The molecule has 3 saturated carbocycles. The van der Waals surface area contributed by atoms with Crippen molar-refractivity contribution >= 4 is 0 Å². The molecule has 0 amide bonds. The predicted molar refractivity (Wildman–Crippen MR) is 211 cm³/mol. The lowest BCUT2D eigenvalue weighted by molar-refractivity contribution is -0.381. The van der Waals surface area contributed by atoms with Crippen LogP contribution in [0.25, 0.3) is 0 Å². The van der Waals surface area contributed by atoms with E-state index >= 15 is 0 Å². The number of hydrogen-bond donors (Lipinski definition) is 10.